The Labute approximate surface area is 128 Å². The Balaban J connectivity index is 2.22. The van der Waals surface area contributed by atoms with Gasteiger partial charge in [-0.1, -0.05) is 6.08 Å². The van der Waals surface area contributed by atoms with Crippen molar-refractivity contribution < 1.29 is 14.6 Å². The van der Waals surface area contributed by atoms with E-state index in [1.807, 2.05) is 22.6 Å². The second kappa shape index (κ2) is 6.66. The van der Waals surface area contributed by atoms with E-state index in [-0.39, 0.29) is 12.7 Å². The molecule has 0 unspecified atom stereocenters. The highest BCUT2D eigenvalue weighted by Crippen LogP contribution is 2.29. The number of aliphatic hydroxyl groups excluding tert-OH is 1. The van der Waals surface area contributed by atoms with Crippen molar-refractivity contribution >= 4 is 22.6 Å². The van der Waals surface area contributed by atoms with E-state index in [1.54, 1.807) is 6.08 Å². The van der Waals surface area contributed by atoms with Gasteiger partial charge in [0.25, 0.3) is 5.56 Å². The molecule has 1 aliphatic heterocycles. The Morgan fingerprint density at radius 1 is 1.65 bits per heavy atom. The van der Waals surface area contributed by atoms with E-state index in [2.05, 4.69) is 11.6 Å². The zero-order valence-electron chi connectivity index (χ0n) is 10.6. The largest absolute Gasteiger partial charge is 0.394 e. The van der Waals surface area contributed by atoms with Crippen LogP contribution in [-0.2, 0) is 9.47 Å². The molecule has 8 heteroatoms. The van der Waals surface area contributed by atoms with Crippen molar-refractivity contribution in [3.8, 4) is 0 Å². The number of aromatic nitrogens is 2. The van der Waals surface area contributed by atoms with Gasteiger partial charge in [0.1, 0.15) is 12.3 Å². The van der Waals surface area contributed by atoms with Gasteiger partial charge >= 0.3 is 5.69 Å². The molecule has 7 nitrogen and oxygen atoms in total. The predicted octanol–water partition coefficient (Wildman–Crippen LogP) is -0.00780. The maximum atomic E-state index is 11.8. The number of halogens is 1. The van der Waals surface area contributed by atoms with Crippen LogP contribution in [0.15, 0.2) is 28.4 Å². The van der Waals surface area contributed by atoms with Gasteiger partial charge in [0.05, 0.1) is 22.9 Å². The Morgan fingerprint density at radius 3 is 3.05 bits per heavy atom. The molecule has 0 spiro atoms. The molecule has 0 amide bonds. The van der Waals surface area contributed by atoms with Crippen molar-refractivity contribution in [2.24, 2.45) is 0 Å². The van der Waals surface area contributed by atoms with Gasteiger partial charge in [-0.05, 0) is 22.6 Å². The van der Waals surface area contributed by atoms with Crippen LogP contribution in [0.1, 0.15) is 12.6 Å². The Morgan fingerprint density at radius 2 is 2.40 bits per heavy atom. The molecular weight excluding hydrogens is 379 g/mol. The maximum absolute atomic E-state index is 11.8. The van der Waals surface area contributed by atoms with Crippen LogP contribution < -0.4 is 11.2 Å². The van der Waals surface area contributed by atoms with E-state index in [1.165, 1.54) is 10.8 Å². The van der Waals surface area contributed by atoms with Crippen LogP contribution in [0.25, 0.3) is 0 Å². The summed E-state index contributed by atoms with van der Waals surface area (Å²) in [6.07, 6.45) is 2.07. The fraction of sp³-hybridized carbons (Fsp3) is 0.500. The van der Waals surface area contributed by atoms with E-state index in [0.29, 0.717) is 16.6 Å². The maximum Gasteiger partial charge on any atom is 0.330 e. The lowest BCUT2D eigenvalue weighted by atomic mass is 10.2. The number of hydrogen-bond donors (Lipinski definition) is 2. The van der Waals surface area contributed by atoms with E-state index in [9.17, 15) is 14.7 Å². The summed E-state index contributed by atoms with van der Waals surface area (Å²) in [7, 11) is 0. The number of nitrogens with zero attached hydrogens (tertiary/aromatic N) is 1. The van der Waals surface area contributed by atoms with Crippen molar-refractivity contribution in [1.82, 2.24) is 9.55 Å². The SMILES string of the molecule is C=CCO[C@H]1C[C@H](n2cc(I)c(=O)[nH]c2=O)O[C@@H]1CO. The van der Waals surface area contributed by atoms with E-state index in [4.69, 9.17) is 9.47 Å². The Bertz CT molecular complexity index is 596. The summed E-state index contributed by atoms with van der Waals surface area (Å²) in [5, 5.41) is 9.29. The van der Waals surface area contributed by atoms with Gasteiger partial charge in [0.15, 0.2) is 0 Å². The molecule has 0 saturated carbocycles. The first-order valence-electron chi connectivity index (χ1n) is 6.06. The topological polar surface area (TPSA) is 93.6 Å². The minimum atomic E-state index is -0.570. The second-order valence-corrected chi connectivity index (χ2v) is 5.51. The van der Waals surface area contributed by atoms with E-state index >= 15 is 0 Å². The fourth-order valence-electron chi connectivity index (χ4n) is 2.08. The molecule has 0 aromatic carbocycles. The first kappa shape index (κ1) is 15.4. The van der Waals surface area contributed by atoms with Gasteiger partial charge in [-0.2, -0.15) is 0 Å². The number of rotatable bonds is 5. The van der Waals surface area contributed by atoms with Crippen LogP contribution in [0.5, 0.6) is 0 Å². The molecule has 2 rings (SSSR count). The fourth-order valence-corrected chi connectivity index (χ4v) is 2.51. The van der Waals surface area contributed by atoms with Gasteiger partial charge < -0.3 is 14.6 Å². The normalized spacial score (nSPS) is 25.8. The monoisotopic (exact) mass is 394 g/mol. The Hall–Kier alpha value is -0.970. The molecule has 0 bridgehead atoms. The van der Waals surface area contributed by atoms with Crippen molar-refractivity contribution in [3.05, 3.63) is 43.3 Å². The average Bonchev–Trinajstić information content (AvgIpc) is 2.83. The zero-order chi connectivity index (χ0) is 14.7. The third kappa shape index (κ3) is 3.19. The van der Waals surface area contributed by atoms with Crippen molar-refractivity contribution in [2.45, 2.75) is 24.9 Å². The molecule has 1 aliphatic rings. The lowest BCUT2D eigenvalue weighted by Crippen LogP contribution is -2.33. The van der Waals surface area contributed by atoms with Crippen LogP contribution >= 0.6 is 22.6 Å². The molecule has 1 fully saturated rings. The van der Waals surface area contributed by atoms with Crippen molar-refractivity contribution in [3.63, 3.8) is 0 Å². The summed E-state index contributed by atoms with van der Waals surface area (Å²) in [5.74, 6) is 0. The molecule has 1 aromatic heterocycles. The highest BCUT2D eigenvalue weighted by molar-refractivity contribution is 14.1. The summed E-state index contributed by atoms with van der Waals surface area (Å²) in [4.78, 5) is 25.4. The van der Waals surface area contributed by atoms with Crippen LogP contribution in [0.4, 0.5) is 0 Å². The highest BCUT2D eigenvalue weighted by atomic mass is 127. The van der Waals surface area contributed by atoms with Gasteiger partial charge in [0, 0.05) is 12.6 Å². The van der Waals surface area contributed by atoms with Crippen LogP contribution in [0.2, 0.25) is 0 Å². The molecule has 0 aliphatic carbocycles. The van der Waals surface area contributed by atoms with Gasteiger partial charge in [0.2, 0.25) is 0 Å². The van der Waals surface area contributed by atoms with Crippen molar-refractivity contribution in [1.29, 1.82) is 0 Å². The summed E-state index contributed by atoms with van der Waals surface area (Å²) >= 11 is 1.84. The summed E-state index contributed by atoms with van der Waals surface area (Å²) in [6.45, 7) is 3.70. The molecule has 2 heterocycles. The number of nitrogens with one attached hydrogen (secondary N) is 1. The van der Waals surface area contributed by atoms with Crippen molar-refractivity contribution in [2.75, 3.05) is 13.2 Å². The number of hydrogen-bond acceptors (Lipinski definition) is 5. The standard InChI is InChI=1S/C12H15IN2O5/c1-2-3-19-8-4-10(20-9(8)6-16)15-5-7(13)11(17)14-12(15)18/h2,5,8-10,16H,1,3-4,6H2,(H,14,17,18)/t8-,9+,10+/m0/s1. The average molecular weight is 394 g/mol. The molecule has 0 radical (unpaired) electrons. The molecule has 20 heavy (non-hydrogen) atoms. The number of aromatic amines is 1. The smallest absolute Gasteiger partial charge is 0.330 e. The molecule has 110 valence electrons. The molecular formula is C12H15IN2O5. The van der Waals surface area contributed by atoms with Gasteiger partial charge in [-0.3, -0.25) is 14.3 Å². The van der Waals surface area contributed by atoms with Crippen LogP contribution in [-0.4, -0.2) is 40.1 Å². The predicted molar refractivity (Wildman–Crippen MR) is 79.6 cm³/mol. The summed E-state index contributed by atoms with van der Waals surface area (Å²) in [5.41, 5.74) is -0.968. The number of aliphatic hydroxyl groups is 1. The summed E-state index contributed by atoms with van der Waals surface area (Å²) in [6, 6.07) is 0. The number of ether oxygens (including phenoxy) is 2. The lowest BCUT2D eigenvalue weighted by molar-refractivity contribution is -0.0582. The zero-order valence-corrected chi connectivity index (χ0v) is 12.8. The van der Waals surface area contributed by atoms with E-state index in [0.717, 1.165) is 0 Å². The van der Waals surface area contributed by atoms with E-state index < -0.39 is 23.6 Å². The third-order valence-electron chi connectivity index (χ3n) is 3.02. The Kier molecular flexibility index (Phi) is 5.13. The molecule has 2 N–H and O–H groups in total. The minimum Gasteiger partial charge on any atom is -0.394 e. The lowest BCUT2D eigenvalue weighted by Gasteiger charge is -2.15. The first-order valence-corrected chi connectivity index (χ1v) is 7.14. The second-order valence-electron chi connectivity index (χ2n) is 4.35. The number of H-pyrrole nitrogens is 1. The molecule has 1 saturated heterocycles. The highest BCUT2D eigenvalue weighted by Gasteiger charge is 2.37. The van der Waals surface area contributed by atoms with Crippen LogP contribution in [0.3, 0.4) is 0 Å². The summed E-state index contributed by atoms with van der Waals surface area (Å²) < 4.78 is 12.8. The van der Waals surface area contributed by atoms with Crippen LogP contribution in [0, 0.1) is 3.57 Å². The molecule has 1 aromatic rings. The minimum absolute atomic E-state index is 0.201. The molecule has 3 atom stereocenters. The van der Waals surface area contributed by atoms with Gasteiger partial charge in [-0.15, -0.1) is 6.58 Å². The van der Waals surface area contributed by atoms with Gasteiger partial charge in [-0.25, -0.2) is 4.79 Å². The third-order valence-corrected chi connectivity index (χ3v) is 3.79. The quantitative estimate of drug-likeness (QED) is 0.542. The first-order chi connectivity index (χ1) is 9.56.